The summed E-state index contributed by atoms with van der Waals surface area (Å²) in [5, 5.41) is 7.68. The fraction of sp³-hybridized carbons (Fsp3) is 0.500. The van der Waals surface area contributed by atoms with E-state index in [9.17, 15) is 12.8 Å². The van der Waals surface area contributed by atoms with Crippen LogP contribution in [0.5, 0.6) is 0 Å². The molecule has 1 aliphatic rings. The van der Waals surface area contributed by atoms with Crippen molar-refractivity contribution < 1.29 is 12.8 Å². The van der Waals surface area contributed by atoms with Crippen LogP contribution in [-0.4, -0.2) is 24.8 Å². The zero-order chi connectivity index (χ0) is 14.8. The molecule has 1 aromatic rings. The third kappa shape index (κ3) is 2.96. The summed E-state index contributed by atoms with van der Waals surface area (Å²) >= 11 is 0. The van der Waals surface area contributed by atoms with Crippen LogP contribution in [0.4, 0.5) is 4.39 Å². The lowest BCUT2D eigenvalue weighted by Gasteiger charge is -2.36. The second-order valence-corrected chi connectivity index (χ2v) is 6.68. The first-order valence-electron chi connectivity index (χ1n) is 6.35. The molecule has 110 valence electrons. The van der Waals surface area contributed by atoms with Gasteiger partial charge in [-0.1, -0.05) is 19.3 Å². The van der Waals surface area contributed by atoms with Crippen LogP contribution >= 0.6 is 0 Å². The van der Waals surface area contributed by atoms with Crippen molar-refractivity contribution in [3.63, 3.8) is 0 Å². The summed E-state index contributed by atoms with van der Waals surface area (Å²) < 4.78 is 40.2. The van der Waals surface area contributed by atoms with E-state index in [4.69, 9.17) is 11.1 Å². The minimum Gasteiger partial charge on any atom is -0.386 e. The van der Waals surface area contributed by atoms with Crippen LogP contribution < -0.4 is 10.5 Å². The number of halogens is 1. The molecular weight excluding hydrogens is 283 g/mol. The molecule has 20 heavy (non-hydrogen) atoms. The quantitative estimate of drug-likeness (QED) is 0.572. The van der Waals surface area contributed by atoms with Crippen LogP contribution in [0.15, 0.2) is 23.4 Å². The van der Waals surface area contributed by atoms with Crippen molar-refractivity contribution in [3.8, 4) is 0 Å². The molecule has 0 bridgehead atoms. The molecule has 0 amide bonds. The molecule has 0 aliphatic heterocycles. The first kappa shape index (κ1) is 14.9. The molecule has 4 N–H and O–H groups in total. The van der Waals surface area contributed by atoms with Gasteiger partial charge in [-0.15, -0.1) is 0 Å². The van der Waals surface area contributed by atoms with E-state index in [1.165, 1.54) is 0 Å². The highest BCUT2D eigenvalue weighted by Gasteiger charge is 2.39. The zero-order valence-corrected chi connectivity index (χ0v) is 11.7. The first-order valence-corrected chi connectivity index (χ1v) is 7.83. The number of nitrogens with two attached hydrogens (primary N) is 1. The highest BCUT2D eigenvalue weighted by Crippen LogP contribution is 2.29. The van der Waals surface area contributed by atoms with Crippen molar-refractivity contribution in [2.75, 3.05) is 0 Å². The third-order valence-electron chi connectivity index (χ3n) is 3.54. The molecule has 1 aliphatic carbocycles. The van der Waals surface area contributed by atoms with Gasteiger partial charge in [0.2, 0.25) is 10.0 Å². The van der Waals surface area contributed by atoms with Gasteiger partial charge in [0.25, 0.3) is 0 Å². The number of nitrogens with one attached hydrogen (secondary N) is 2. The Morgan fingerprint density at radius 1 is 1.35 bits per heavy atom. The summed E-state index contributed by atoms with van der Waals surface area (Å²) in [6.45, 7) is 0. The van der Waals surface area contributed by atoms with E-state index in [0.717, 1.165) is 37.7 Å². The van der Waals surface area contributed by atoms with Gasteiger partial charge in [0, 0.05) is 6.20 Å². The van der Waals surface area contributed by atoms with E-state index in [2.05, 4.69) is 9.71 Å². The topological polar surface area (TPSA) is 109 Å². The summed E-state index contributed by atoms with van der Waals surface area (Å²) in [6.07, 6.45) is 5.53. The van der Waals surface area contributed by atoms with Gasteiger partial charge in [0.15, 0.2) is 0 Å². The summed E-state index contributed by atoms with van der Waals surface area (Å²) in [6, 6.07) is 0.895. The van der Waals surface area contributed by atoms with Gasteiger partial charge in [0.05, 0.1) is 11.7 Å². The van der Waals surface area contributed by atoms with Gasteiger partial charge in [-0.2, -0.15) is 4.72 Å². The number of hydrogen-bond donors (Lipinski definition) is 3. The van der Waals surface area contributed by atoms with Crippen molar-refractivity contribution in [2.24, 2.45) is 5.73 Å². The maximum atomic E-state index is 13.1. The average Bonchev–Trinajstić information content (AvgIpc) is 2.39. The molecule has 6 nitrogen and oxygen atoms in total. The van der Waals surface area contributed by atoms with Crippen LogP contribution in [0.25, 0.3) is 0 Å². The van der Waals surface area contributed by atoms with Gasteiger partial charge in [-0.25, -0.2) is 12.8 Å². The molecule has 1 heterocycles. The highest BCUT2D eigenvalue weighted by atomic mass is 32.2. The van der Waals surface area contributed by atoms with Crippen LogP contribution in [0.2, 0.25) is 0 Å². The van der Waals surface area contributed by atoms with E-state index in [0.29, 0.717) is 12.8 Å². The molecule has 1 aromatic heterocycles. The predicted octanol–water partition coefficient (Wildman–Crippen LogP) is 1.14. The Hall–Kier alpha value is -1.54. The Labute approximate surface area is 117 Å². The Kier molecular flexibility index (Phi) is 4.05. The molecule has 0 spiro atoms. The molecule has 0 radical (unpaired) electrons. The molecule has 0 unspecified atom stereocenters. The summed E-state index contributed by atoms with van der Waals surface area (Å²) in [5.74, 6) is -0.932. The van der Waals surface area contributed by atoms with Crippen molar-refractivity contribution in [2.45, 2.75) is 42.5 Å². The number of hydrogen-bond acceptors (Lipinski definition) is 4. The normalized spacial score (nSPS) is 18.6. The lowest BCUT2D eigenvalue weighted by Crippen LogP contribution is -2.57. The SMILES string of the molecule is N=C(N)C1(NS(=O)(=O)c2cncc(F)c2)CCCCC1. The molecular formula is C12H17FN4O2S. The van der Waals surface area contributed by atoms with E-state index < -0.39 is 21.4 Å². The van der Waals surface area contributed by atoms with E-state index in [1.807, 2.05) is 0 Å². The van der Waals surface area contributed by atoms with Gasteiger partial charge in [-0.05, 0) is 18.9 Å². The Bertz CT molecular complexity index is 612. The average molecular weight is 300 g/mol. The standard InChI is InChI=1S/C12H17FN4O2S/c13-9-6-10(8-16-7-9)20(18,19)17-12(11(14)15)4-2-1-3-5-12/h6-8,17H,1-5H2,(H3,14,15). The third-order valence-corrected chi connectivity index (χ3v) is 5.05. The number of nitrogens with zero attached hydrogens (tertiary/aromatic N) is 1. The van der Waals surface area contributed by atoms with Crippen molar-refractivity contribution in [3.05, 3.63) is 24.3 Å². The molecule has 1 fully saturated rings. The monoisotopic (exact) mass is 300 g/mol. The number of amidine groups is 1. The molecule has 0 aromatic carbocycles. The van der Waals surface area contributed by atoms with E-state index >= 15 is 0 Å². The van der Waals surface area contributed by atoms with Crippen molar-refractivity contribution in [1.29, 1.82) is 5.41 Å². The number of pyridine rings is 1. The fourth-order valence-electron chi connectivity index (χ4n) is 2.44. The second-order valence-electron chi connectivity index (χ2n) is 5.00. The second kappa shape index (κ2) is 5.45. The van der Waals surface area contributed by atoms with Crippen LogP contribution in [0, 0.1) is 11.2 Å². The van der Waals surface area contributed by atoms with Gasteiger partial charge < -0.3 is 5.73 Å². The van der Waals surface area contributed by atoms with Crippen LogP contribution in [-0.2, 0) is 10.0 Å². The molecule has 1 saturated carbocycles. The minimum atomic E-state index is -3.96. The lowest BCUT2D eigenvalue weighted by atomic mass is 9.82. The van der Waals surface area contributed by atoms with Crippen LogP contribution in [0.3, 0.4) is 0 Å². The summed E-state index contributed by atoms with van der Waals surface area (Å²) in [5.41, 5.74) is 4.52. The smallest absolute Gasteiger partial charge is 0.243 e. The number of aromatic nitrogens is 1. The molecule has 0 atom stereocenters. The van der Waals surface area contributed by atoms with Gasteiger partial charge >= 0.3 is 0 Å². The van der Waals surface area contributed by atoms with E-state index in [-0.39, 0.29) is 10.7 Å². The van der Waals surface area contributed by atoms with Crippen LogP contribution in [0.1, 0.15) is 32.1 Å². The van der Waals surface area contributed by atoms with Gasteiger partial charge in [0.1, 0.15) is 16.5 Å². The fourth-order valence-corrected chi connectivity index (χ4v) is 3.85. The van der Waals surface area contributed by atoms with Crippen molar-refractivity contribution >= 4 is 15.9 Å². The first-order chi connectivity index (χ1) is 9.36. The van der Waals surface area contributed by atoms with E-state index in [1.54, 1.807) is 0 Å². The number of sulfonamides is 1. The maximum Gasteiger partial charge on any atom is 0.243 e. The maximum absolute atomic E-state index is 13.1. The largest absolute Gasteiger partial charge is 0.386 e. The number of rotatable bonds is 4. The summed E-state index contributed by atoms with van der Waals surface area (Å²) in [4.78, 5) is 3.27. The molecule has 2 rings (SSSR count). The Morgan fingerprint density at radius 2 is 2.00 bits per heavy atom. The Morgan fingerprint density at radius 3 is 2.55 bits per heavy atom. The summed E-state index contributed by atoms with van der Waals surface area (Å²) in [7, 11) is -3.96. The predicted molar refractivity (Wildman–Crippen MR) is 72.2 cm³/mol. The zero-order valence-electron chi connectivity index (χ0n) is 10.9. The molecule has 0 saturated heterocycles. The lowest BCUT2D eigenvalue weighted by molar-refractivity contribution is 0.348. The van der Waals surface area contributed by atoms with Gasteiger partial charge in [-0.3, -0.25) is 10.4 Å². The van der Waals surface area contributed by atoms with Crippen molar-refractivity contribution in [1.82, 2.24) is 9.71 Å². The minimum absolute atomic E-state index is 0.204. The highest BCUT2D eigenvalue weighted by molar-refractivity contribution is 7.89. The Balaban J connectivity index is 2.32. The molecule has 8 heteroatoms.